The molecule has 21 nitrogen and oxygen atoms in total. The quantitative estimate of drug-likeness (QED) is 0.0180. The van der Waals surface area contributed by atoms with Crippen molar-refractivity contribution in [2.75, 3.05) is 49.7 Å². The number of sulfonamides is 1. The summed E-state index contributed by atoms with van der Waals surface area (Å²) in [5, 5.41) is 29.8. The van der Waals surface area contributed by atoms with Crippen molar-refractivity contribution in [3.05, 3.63) is 262 Å². The highest BCUT2D eigenvalue weighted by molar-refractivity contribution is 7.99. The molecule has 136 heavy (non-hydrogen) atoms. The number of aromatic nitrogens is 2. The Labute approximate surface area is 816 Å². The van der Waals surface area contributed by atoms with Crippen LogP contribution < -0.4 is 20.1 Å². The summed E-state index contributed by atoms with van der Waals surface area (Å²) in [7, 11) is -3.89. The maximum absolute atomic E-state index is 14.3. The number of amides is 2. The molecule has 1 saturated carbocycles. The number of aliphatic hydroxyl groups is 2. The number of rotatable bonds is 36. The number of benzene rings is 6. The third-order valence-corrected chi connectivity index (χ3v) is 28.5. The molecule has 3 fully saturated rings. The van der Waals surface area contributed by atoms with E-state index in [9.17, 15) is 42.6 Å². The van der Waals surface area contributed by atoms with E-state index in [-0.39, 0.29) is 80.8 Å². The smallest absolute Gasteiger partial charge is 0.338 e. The number of hydrogen-bond donors (Lipinski definition) is 5. The molecule has 0 spiro atoms. The van der Waals surface area contributed by atoms with Crippen molar-refractivity contribution in [2.45, 2.75) is 327 Å². The maximum Gasteiger partial charge on any atom is 0.338 e. The van der Waals surface area contributed by atoms with Gasteiger partial charge in [0.15, 0.2) is 5.03 Å². The summed E-state index contributed by atoms with van der Waals surface area (Å²) in [6.07, 6.45) is 16.0. The Kier molecular flexibility index (Phi) is 37.7. The van der Waals surface area contributed by atoms with Gasteiger partial charge in [0.2, 0.25) is 5.91 Å². The topological polar surface area (TPSA) is 268 Å². The van der Waals surface area contributed by atoms with Crippen molar-refractivity contribution < 1.29 is 61.6 Å². The third-order valence-electron chi connectivity index (χ3n) is 26.1. The lowest BCUT2D eigenvalue weighted by Gasteiger charge is -2.47. The van der Waals surface area contributed by atoms with E-state index in [1.165, 1.54) is 54.6 Å². The van der Waals surface area contributed by atoms with Crippen molar-refractivity contribution in [1.29, 1.82) is 0 Å². The molecule has 2 aromatic heterocycles. The number of Topliss-reactive ketones (excluding diaryl/α,β-unsaturated/α-hetero) is 2. The first-order valence-corrected chi connectivity index (χ1v) is 51.9. The molecular formula is C113H154N8O13S2. The van der Waals surface area contributed by atoms with Crippen LogP contribution in [-0.2, 0) is 69.2 Å². The molecule has 12 atom stereocenters. The molecule has 2 aliphatic carbocycles. The number of β-amino-alcohol motifs (C(OH)–C–C–N with tert-alkyl or cyclic N) is 2. The second kappa shape index (κ2) is 48.0. The Hall–Kier alpha value is -9.43. The number of piperazine rings is 1. The summed E-state index contributed by atoms with van der Waals surface area (Å²) < 4.78 is 54.3. The first-order valence-electron chi connectivity index (χ1n) is 49.4. The summed E-state index contributed by atoms with van der Waals surface area (Å²) >= 11 is 1.62. The fraction of sp³-hybridized carbons (Fsp3) is 0.531. The molecule has 5 aliphatic rings. The van der Waals surface area contributed by atoms with Crippen LogP contribution in [0.3, 0.4) is 0 Å². The summed E-state index contributed by atoms with van der Waals surface area (Å²) in [6, 6.07) is 57.5. The molecule has 13 rings (SSSR count). The van der Waals surface area contributed by atoms with Gasteiger partial charge in [-0.3, -0.25) is 43.6 Å². The monoisotopic (exact) mass is 1900 g/mol. The minimum atomic E-state index is -3.89. The van der Waals surface area contributed by atoms with Gasteiger partial charge in [-0.05, 0) is 259 Å². The van der Waals surface area contributed by atoms with Crippen LogP contribution in [0.25, 0.3) is 0 Å². The second-order valence-corrected chi connectivity index (χ2v) is 46.3. The minimum absolute atomic E-state index is 0.0308. The van der Waals surface area contributed by atoms with E-state index in [2.05, 4.69) is 137 Å². The normalized spacial score (nSPS) is 20.8. The number of aliphatic hydroxyl groups excluding tert-OH is 2. The van der Waals surface area contributed by atoms with Crippen LogP contribution in [0.4, 0.5) is 5.69 Å². The molecule has 6 aromatic carbocycles. The number of hydrogen-bond acceptors (Lipinski definition) is 19. The van der Waals surface area contributed by atoms with Crippen LogP contribution in [0.15, 0.2) is 222 Å². The predicted molar refractivity (Wildman–Crippen MR) is 545 cm³/mol. The molecule has 3 aliphatic heterocycles. The van der Waals surface area contributed by atoms with Gasteiger partial charge in [-0.25, -0.2) is 9.78 Å². The molecular weight excluding hydrogens is 1740 g/mol. The van der Waals surface area contributed by atoms with Gasteiger partial charge < -0.3 is 39.8 Å². The number of nitrogens with one attached hydrogen (secondary N) is 3. The number of pyridine rings is 2. The van der Waals surface area contributed by atoms with E-state index in [1.54, 1.807) is 42.2 Å². The van der Waals surface area contributed by atoms with Crippen LogP contribution in [0, 0.1) is 37.0 Å². The molecule has 0 unspecified atom stereocenters. The SMILES string of the molecule is CC(C)(C)NC(=O)[C@@H]1CN(Cc2cccnc2)CCN1C[C@@H](O)C[C@@H](Cc1ccccc1)C(=O)C[C@H]1c2ccccc2C[C@H]1OC(C)(C)C.CCC[C@@]1(CCc2ccccc2)CC(OC(C)(C)C)=C([C@H](CC)c2cccc(NS(=O)(=O)c3ccc(C)cn3)c2)C(=O)O1.Cc1c(OC(C)(C)C)cccc1C(=O)N[C@@H](CSc1ccccc1)[C@H](O)CN1C[C@H]2CCCC[C@H]2C[C@H]1C(=O)CC(C)(C)C. The summed E-state index contributed by atoms with van der Waals surface area (Å²) in [6.45, 7) is 42.5. The predicted octanol–water partition coefficient (Wildman–Crippen LogP) is 20.8. The number of thioether (sulfide) groups is 1. The molecule has 23 heteroatoms. The standard InChI is InChI=1S/C41H56N4O4.C37H54N2O4S.C35H44N2O5S/c1-40(2,3)43-39(48)36-28-44(26-30-15-12-18-42-25-30)19-20-45(36)27-33(46)22-32(21-29-13-8-7-9-14-29)37(47)24-35-34-17-11-10-16-31(34)23-38(35)49-41(4,5)6;1-25-29(18-13-19-34(25)43-37(5,6)7)35(42)38-30(24-44-28-16-9-8-10-17-28)33(41)23-39-22-27-15-12-11-14-26(27)20-31(39)32(40)21-36(2,3)4;1-7-20-35(21-19-26-13-10-9-11-14-26)23-30(41-34(4,5)6)32(33(38)42-35)29(8-2)27-15-12-16-28(22-27)37-43(39,40)31-18-17-25(3)24-36-31/h7-18,25,32-33,35-36,38,46H,19-24,26-28H2,1-6H3,(H,43,48);8-10,13,16-19,26-27,30-31,33,41H,11-12,14-15,20-24H2,1-7H3,(H,38,42);9-18,22,24,29,37H,7-8,19-21,23H2,1-6H3/t32-,33+,35+,36+,38-;26-,27+,30-,31-,33+;29-,35-/m101/s1. The highest BCUT2D eigenvalue weighted by Crippen LogP contribution is 2.47. The number of cyclic esters (lactones) is 1. The van der Waals surface area contributed by atoms with Crippen molar-refractivity contribution in [3.63, 3.8) is 0 Å². The lowest BCUT2D eigenvalue weighted by atomic mass is 9.71. The number of likely N-dealkylation sites (tertiary alicyclic amines) is 1. The number of carbonyl (C=O) groups is 5. The highest BCUT2D eigenvalue weighted by Gasteiger charge is 2.47. The van der Waals surface area contributed by atoms with Gasteiger partial charge in [0.1, 0.15) is 45.9 Å². The number of piperidine rings is 1. The van der Waals surface area contributed by atoms with Gasteiger partial charge in [-0.2, -0.15) is 8.42 Å². The zero-order valence-electron chi connectivity index (χ0n) is 84.3. The molecule has 5 N–H and O–H groups in total. The summed E-state index contributed by atoms with van der Waals surface area (Å²) in [5.41, 5.74) is 7.33. The van der Waals surface area contributed by atoms with Gasteiger partial charge in [-0.15, -0.1) is 11.8 Å². The van der Waals surface area contributed by atoms with E-state index in [1.807, 2.05) is 192 Å². The third kappa shape index (κ3) is 32.3. The molecule has 736 valence electrons. The number of ketones is 2. The Bertz CT molecular complexity index is 5360. The number of fused-ring (bicyclic) bond motifs is 2. The van der Waals surface area contributed by atoms with Gasteiger partial charge in [-0.1, -0.05) is 194 Å². The fourth-order valence-corrected chi connectivity index (χ4v) is 21.9. The van der Waals surface area contributed by atoms with Crippen LogP contribution in [0.2, 0.25) is 0 Å². The van der Waals surface area contributed by atoms with Crippen LogP contribution in [-0.4, -0.2) is 182 Å². The second-order valence-electron chi connectivity index (χ2n) is 43.6. The average molecular weight is 1900 g/mol. The molecule has 2 amide bonds. The van der Waals surface area contributed by atoms with Crippen LogP contribution >= 0.6 is 11.8 Å². The maximum atomic E-state index is 14.3. The van der Waals surface area contributed by atoms with Crippen molar-refractivity contribution in [1.82, 2.24) is 35.3 Å². The zero-order chi connectivity index (χ0) is 98.5. The zero-order valence-corrected chi connectivity index (χ0v) is 85.9. The Morgan fingerprint density at radius 3 is 1.98 bits per heavy atom. The Morgan fingerprint density at radius 1 is 0.676 bits per heavy atom. The fourth-order valence-electron chi connectivity index (χ4n) is 19.9. The first kappa shape index (κ1) is 107. The summed E-state index contributed by atoms with van der Waals surface area (Å²) in [4.78, 5) is 85.5. The van der Waals surface area contributed by atoms with E-state index < -0.39 is 51.1 Å². The molecule has 8 aromatic rings. The number of aryl methyl sites for hydroxylation is 2. The van der Waals surface area contributed by atoms with Crippen molar-refractivity contribution in [2.24, 2.45) is 23.2 Å². The first-order chi connectivity index (χ1) is 64.3. The van der Waals surface area contributed by atoms with Gasteiger partial charge in [0.05, 0.1) is 41.6 Å². The molecule has 5 heterocycles. The number of anilines is 1. The van der Waals surface area contributed by atoms with Crippen molar-refractivity contribution in [3.8, 4) is 5.75 Å². The summed E-state index contributed by atoms with van der Waals surface area (Å²) in [5.74, 6) is 2.03. The number of carbonyl (C=O) groups excluding carboxylic acids is 5. The van der Waals surface area contributed by atoms with Crippen LogP contribution in [0.1, 0.15) is 268 Å². The Morgan fingerprint density at radius 2 is 1.34 bits per heavy atom. The van der Waals surface area contributed by atoms with Gasteiger partial charge >= 0.3 is 5.97 Å². The Balaban J connectivity index is 0.000000196. The van der Waals surface area contributed by atoms with E-state index in [4.69, 9.17) is 18.9 Å². The lowest BCUT2D eigenvalue weighted by Crippen LogP contribution is -2.61. The van der Waals surface area contributed by atoms with E-state index >= 15 is 0 Å². The number of esters is 1. The van der Waals surface area contributed by atoms with E-state index in [0.29, 0.717) is 124 Å². The molecule has 2 saturated heterocycles. The van der Waals surface area contributed by atoms with E-state index in [0.717, 1.165) is 77.9 Å². The largest absolute Gasteiger partial charge is 0.492 e. The molecule has 0 radical (unpaired) electrons. The lowest BCUT2D eigenvalue weighted by molar-refractivity contribution is -0.163. The van der Waals surface area contributed by atoms with Gasteiger partial charge in [0, 0.05) is 134 Å². The number of nitrogens with zero attached hydrogens (tertiary/aromatic N) is 5. The highest BCUT2D eigenvalue weighted by atomic mass is 32.2. The average Bonchev–Trinajstić information content (AvgIpc) is 0.859. The van der Waals surface area contributed by atoms with Crippen LogP contribution in [0.5, 0.6) is 5.75 Å². The number of ether oxygens (including phenoxy) is 4. The molecule has 0 bridgehead atoms. The van der Waals surface area contributed by atoms with Gasteiger partial charge in [0.25, 0.3) is 15.9 Å². The minimum Gasteiger partial charge on any atom is -0.492 e. The van der Waals surface area contributed by atoms with Crippen molar-refractivity contribution >= 4 is 56.8 Å².